The quantitative estimate of drug-likeness (QED) is 0.868. The summed E-state index contributed by atoms with van der Waals surface area (Å²) in [5, 5.41) is 10.5. The smallest absolute Gasteiger partial charge is 0.212 e. The third kappa shape index (κ3) is 2.73. The highest BCUT2D eigenvalue weighted by Crippen LogP contribution is 2.66. The van der Waals surface area contributed by atoms with Gasteiger partial charge in [0, 0.05) is 11.5 Å². The van der Waals surface area contributed by atoms with Crippen LogP contribution in [0.1, 0.15) is 51.6 Å². The zero-order chi connectivity index (χ0) is 16.9. The Morgan fingerprint density at radius 3 is 2.48 bits per heavy atom. The summed E-state index contributed by atoms with van der Waals surface area (Å²) in [6, 6.07) is 9.31. The van der Waals surface area contributed by atoms with Gasteiger partial charge < -0.3 is 5.11 Å². The van der Waals surface area contributed by atoms with Crippen LogP contribution in [-0.4, -0.2) is 25.4 Å². The molecule has 2 aliphatic rings. The zero-order valence-corrected chi connectivity index (χ0v) is 14.9. The normalized spacial score (nSPS) is 33.7. The fourth-order valence-corrected chi connectivity index (χ4v) is 6.98. The lowest BCUT2D eigenvalue weighted by molar-refractivity contribution is 0.0151. The molecule has 0 heterocycles. The molecular weight excluding hydrogens is 310 g/mol. The summed E-state index contributed by atoms with van der Waals surface area (Å²) in [7, 11) is -3.47. The highest BCUT2D eigenvalue weighted by atomic mass is 32.2. The number of sulfonamides is 1. The van der Waals surface area contributed by atoms with Gasteiger partial charge in [0.2, 0.25) is 10.0 Å². The minimum absolute atomic E-state index is 0.0157. The molecule has 2 bridgehead atoms. The Balaban J connectivity index is 1.79. The van der Waals surface area contributed by atoms with Crippen LogP contribution >= 0.6 is 0 Å². The fraction of sp³-hybridized carbons (Fsp3) is 0.667. The van der Waals surface area contributed by atoms with Crippen LogP contribution in [0, 0.1) is 16.7 Å². The second kappa shape index (κ2) is 5.57. The first kappa shape index (κ1) is 16.9. The molecule has 0 amide bonds. The van der Waals surface area contributed by atoms with E-state index in [4.69, 9.17) is 0 Å². The van der Waals surface area contributed by atoms with E-state index in [-0.39, 0.29) is 17.2 Å². The molecule has 2 N–H and O–H groups in total. The van der Waals surface area contributed by atoms with E-state index in [1.54, 1.807) is 0 Å². The molecule has 0 spiro atoms. The maximum atomic E-state index is 12.8. The maximum absolute atomic E-state index is 12.8. The van der Waals surface area contributed by atoms with Crippen LogP contribution in [0.25, 0.3) is 0 Å². The topological polar surface area (TPSA) is 66.4 Å². The van der Waals surface area contributed by atoms with Gasteiger partial charge in [-0.2, -0.15) is 0 Å². The molecule has 0 aliphatic heterocycles. The molecule has 1 aromatic rings. The Kier molecular flexibility index (Phi) is 4.10. The first-order valence-corrected chi connectivity index (χ1v) is 10.1. The highest BCUT2D eigenvalue weighted by Gasteiger charge is 2.64. The number of nitrogens with one attached hydrogen (secondary N) is 1. The number of benzene rings is 1. The van der Waals surface area contributed by atoms with Gasteiger partial charge in [0.25, 0.3) is 0 Å². The Morgan fingerprint density at radius 2 is 1.96 bits per heavy atom. The Morgan fingerprint density at radius 1 is 1.30 bits per heavy atom. The highest BCUT2D eigenvalue weighted by molar-refractivity contribution is 7.89. The van der Waals surface area contributed by atoms with Gasteiger partial charge in [-0.1, -0.05) is 44.2 Å². The van der Waals surface area contributed by atoms with Crippen LogP contribution in [0.4, 0.5) is 0 Å². The number of fused-ring (bicyclic) bond motifs is 2. The van der Waals surface area contributed by atoms with E-state index < -0.39 is 21.5 Å². The number of aliphatic hydroxyl groups is 1. The monoisotopic (exact) mass is 337 g/mol. The van der Waals surface area contributed by atoms with E-state index in [0.29, 0.717) is 5.92 Å². The SMILES string of the molecule is C[C@H](NS(=O)(=O)C[C@]12CC[C@H](C[C@H]1O)C2(C)C)c1ccccc1. The summed E-state index contributed by atoms with van der Waals surface area (Å²) in [6.45, 7) is 6.10. The molecule has 2 saturated carbocycles. The van der Waals surface area contributed by atoms with Crippen LogP contribution < -0.4 is 4.72 Å². The number of hydrogen-bond acceptors (Lipinski definition) is 3. The number of aliphatic hydroxyl groups excluding tert-OH is 1. The van der Waals surface area contributed by atoms with Gasteiger partial charge in [0.1, 0.15) is 0 Å². The van der Waals surface area contributed by atoms with Gasteiger partial charge in [0.05, 0.1) is 11.9 Å². The molecule has 4 nitrogen and oxygen atoms in total. The van der Waals surface area contributed by atoms with Crippen molar-refractivity contribution in [3.8, 4) is 0 Å². The summed E-state index contributed by atoms with van der Waals surface area (Å²) in [5.74, 6) is 0.446. The lowest BCUT2D eigenvalue weighted by Gasteiger charge is -2.40. The molecule has 0 radical (unpaired) electrons. The van der Waals surface area contributed by atoms with Crippen molar-refractivity contribution >= 4 is 10.0 Å². The van der Waals surface area contributed by atoms with Gasteiger partial charge in [-0.05, 0) is 43.1 Å². The van der Waals surface area contributed by atoms with Crippen molar-refractivity contribution in [2.75, 3.05) is 5.75 Å². The molecule has 128 valence electrons. The van der Waals surface area contributed by atoms with Crippen molar-refractivity contribution < 1.29 is 13.5 Å². The summed E-state index contributed by atoms with van der Waals surface area (Å²) >= 11 is 0. The molecule has 5 heteroatoms. The molecule has 0 unspecified atom stereocenters. The predicted molar refractivity (Wildman–Crippen MR) is 91.3 cm³/mol. The van der Waals surface area contributed by atoms with Crippen molar-refractivity contribution in [2.45, 2.75) is 52.2 Å². The largest absolute Gasteiger partial charge is 0.392 e. The van der Waals surface area contributed by atoms with Crippen LogP contribution in [0.15, 0.2) is 30.3 Å². The summed E-state index contributed by atoms with van der Waals surface area (Å²) < 4.78 is 28.3. The van der Waals surface area contributed by atoms with E-state index in [9.17, 15) is 13.5 Å². The lowest BCUT2D eigenvalue weighted by atomic mass is 9.70. The molecule has 23 heavy (non-hydrogen) atoms. The van der Waals surface area contributed by atoms with E-state index in [2.05, 4.69) is 18.6 Å². The second-order valence-electron chi connectivity index (χ2n) is 7.87. The molecule has 2 fully saturated rings. The van der Waals surface area contributed by atoms with Crippen molar-refractivity contribution in [3.05, 3.63) is 35.9 Å². The van der Waals surface area contributed by atoms with E-state index in [1.165, 1.54) is 0 Å². The molecule has 2 aliphatic carbocycles. The predicted octanol–water partition coefficient (Wildman–Crippen LogP) is 2.85. The Hall–Kier alpha value is -0.910. The van der Waals surface area contributed by atoms with E-state index in [0.717, 1.165) is 24.8 Å². The van der Waals surface area contributed by atoms with E-state index >= 15 is 0 Å². The third-order valence-corrected chi connectivity index (χ3v) is 8.10. The second-order valence-corrected chi connectivity index (χ2v) is 9.63. The Bertz CT molecular complexity index is 671. The minimum Gasteiger partial charge on any atom is -0.392 e. The maximum Gasteiger partial charge on any atom is 0.212 e. The molecule has 1 aromatic carbocycles. The van der Waals surface area contributed by atoms with Crippen molar-refractivity contribution in [1.29, 1.82) is 0 Å². The fourth-order valence-electron chi connectivity index (χ4n) is 4.84. The van der Waals surface area contributed by atoms with Gasteiger partial charge in [-0.3, -0.25) is 0 Å². The summed E-state index contributed by atoms with van der Waals surface area (Å²) in [4.78, 5) is 0. The zero-order valence-electron chi connectivity index (χ0n) is 14.1. The molecule has 0 saturated heterocycles. The van der Waals surface area contributed by atoms with Gasteiger partial charge in [0.15, 0.2) is 0 Å². The van der Waals surface area contributed by atoms with Gasteiger partial charge in [-0.25, -0.2) is 13.1 Å². The first-order chi connectivity index (χ1) is 10.7. The average molecular weight is 337 g/mol. The average Bonchev–Trinajstić information content (AvgIpc) is 2.81. The molecule has 4 atom stereocenters. The third-order valence-electron chi connectivity index (χ3n) is 6.49. The Labute approximate surface area is 139 Å². The van der Waals surface area contributed by atoms with Gasteiger partial charge in [-0.15, -0.1) is 0 Å². The number of hydrogen-bond donors (Lipinski definition) is 2. The van der Waals surface area contributed by atoms with Crippen molar-refractivity contribution in [2.24, 2.45) is 16.7 Å². The summed E-state index contributed by atoms with van der Waals surface area (Å²) in [5.41, 5.74) is 0.306. The lowest BCUT2D eigenvalue weighted by Crippen LogP contribution is -2.47. The van der Waals surface area contributed by atoms with Crippen LogP contribution in [0.5, 0.6) is 0 Å². The van der Waals surface area contributed by atoms with E-state index in [1.807, 2.05) is 37.3 Å². The standard InChI is InChI=1S/C18H27NO3S/c1-13(14-7-5-4-6-8-14)19-23(21,22)12-18-10-9-15(11-16(18)20)17(18,2)3/h4-8,13,15-16,19-20H,9-12H2,1-3H3/t13-,15+,16+,18+/m0/s1. The van der Waals surface area contributed by atoms with Crippen molar-refractivity contribution in [3.63, 3.8) is 0 Å². The van der Waals surface area contributed by atoms with Crippen LogP contribution in [-0.2, 0) is 10.0 Å². The minimum atomic E-state index is -3.47. The first-order valence-electron chi connectivity index (χ1n) is 8.41. The molecule has 3 rings (SSSR count). The van der Waals surface area contributed by atoms with Gasteiger partial charge >= 0.3 is 0 Å². The molecule has 0 aromatic heterocycles. The van der Waals surface area contributed by atoms with Crippen LogP contribution in [0.2, 0.25) is 0 Å². The van der Waals surface area contributed by atoms with Crippen LogP contribution in [0.3, 0.4) is 0 Å². The molecular formula is C18H27NO3S. The van der Waals surface area contributed by atoms with Crippen molar-refractivity contribution in [1.82, 2.24) is 4.72 Å². The summed E-state index contributed by atoms with van der Waals surface area (Å²) in [6.07, 6.45) is 2.04. The number of rotatable bonds is 5.